The van der Waals surface area contributed by atoms with Crippen molar-refractivity contribution in [2.75, 3.05) is 0 Å². The average Bonchev–Trinajstić information content (AvgIpc) is 2.38. The van der Waals surface area contributed by atoms with E-state index in [0.29, 0.717) is 0 Å². The van der Waals surface area contributed by atoms with Gasteiger partial charge >= 0.3 is 0 Å². The summed E-state index contributed by atoms with van der Waals surface area (Å²) in [6.07, 6.45) is 3.19. The van der Waals surface area contributed by atoms with Crippen LogP contribution in [0, 0.1) is 0 Å². The number of nitrogens with zero attached hydrogens (tertiary/aromatic N) is 1. The van der Waals surface area contributed by atoms with Crippen molar-refractivity contribution in [1.29, 1.82) is 0 Å². The first-order valence-electron chi connectivity index (χ1n) is 3.42. The lowest BCUT2D eigenvalue weighted by Crippen LogP contribution is -1.94. The van der Waals surface area contributed by atoms with Crippen LogP contribution in [0.4, 0.5) is 0 Å². The van der Waals surface area contributed by atoms with Crippen molar-refractivity contribution in [2.24, 2.45) is 0 Å². The van der Waals surface area contributed by atoms with Crippen LogP contribution in [-0.4, -0.2) is 10.1 Å². The highest BCUT2D eigenvalue weighted by Gasteiger charge is 2.07. The molecular formula is C7H11NOS. The molecule has 1 aromatic heterocycles. The Hall–Kier alpha value is -0.410. The SMILES string of the molecule is CCCC(O)c1nccs1. The molecule has 0 amide bonds. The van der Waals surface area contributed by atoms with Crippen LogP contribution < -0.4 is 0 Å². The van der Waals surface area contributed by atoms with E-state index in [4.69, 9.17) is 0 Å². The van der Waals surface area contributed by atoms with Crippen molar-refractivity contribution in [3.8, 4) is 0 Å². The highest BCUT2D eigenvalue weighted by molar-refractivity contribution is 7.09. The third-order valence-corrected chi connectivity index (χ3v) is 2.18. The van der Waals surface area contributed by atoms with E-state index in [-0.39, 0.29) is 6.10 Å². The molecule has 10 heavy (non-hydrogen) atoms. The highest BCUT2D eigenvalue weighted by atomic mass is 32.1. The van der Waals surface area contributed by atoms with Gasteiger partial charge in [-0.1, -0.05) is 13.3 Å². The summed E-state index contributed by atoms with van der Waals surface area (Å²) in [6, 6.07) is 0. The van der Waals surface area contributed by atoms with E-state index in [0.717, 1.165) is 17.8 Å². The molecule has 0 aliphatic heterocycles. The van der Waals surface area contributed by atoms with Crippen molar-refractivity contribution in [3.63, 3.8) is 0 Å². The molecule has 0 fully saturated rings. The molecule has 0 spiro atoms. The number of aromatic nitrogens is 1. The fourth-order valence-corrected chi connectivity index (χ4v) is 1.45. The van der Waals surface area contributed by atoms with Crippen molar-refractivity contribution >= 4 is 11.3 Å². The smallest absolute Gasteiger partial charge is 0.121 e. The summed E-state index contributed by atoms with van der Waals surface area (Å²) in [4.78, 5) is 4.00. The van der Waals surface area contributed by atoms with Gasteiger partial charge in [-0.05, 0) is 6.42 Å². The van der Waals surface area contributed by atoms with E-state index in [1.807, 2.05) is 5.38 Å². The Kier molecular flexibility index (Phi) is 2.83. The van der Waals surface area contributed by atoms with E-state index in [1.165, 1.54) is 11.3 Å². The molecule has 1 atom stereocenters. The predicted octanol–water partition coefficient (Wildman–Crippen LogP) is 1.98. The average molecular weight is 157 g/mol. The van der Waals surface area contributed by atoms with Crippen LogP contribution in [0.3, 0.4) is 0 Å². The zero-order chi connectivity index (χ0) is 7.40. The maximum atomic E-state index is 9.36. The molecule has 0 aromatic carbocycles. The molecule has 3 heteroatoms. The Bertz CT molecular complexity index is 174. The van der Waals surface area contributed by atoms with Gasteiger partial charge in [0.1, 0.15) is 11.1 Å². The molecule has 1 aromatic rings. The lowest BCUT2D eigenvalue weighted by atomic mass is 10.2. The molecule has 0 aliphatic carbocycles. The molecule has 0 saturated heterocycles. The lowest BCUT2D eigenvalue weighted by Gasteiger charge is -2.02. The molecule has 0 saturated carbocycles. The molecule has 0 bridgehead atoms. The molecule has 1 rings (SSSR count). The van der Waals surface area contributed by atoms with Gasteiger partial charge in [-0.15, -0.1) is 11.3 Å². The molecule has 1 unspecified atom stereocenters. The monoisotopic (exact) mass is 157 g/mol. The van der Waals surface area contributed by atoms with E-state index >= 15 is 0 Å². The number of thiazole rings is 1. The largest absolute Gasteiger partial charge is 0.386 e. The molecule has 56 valence electrons. The second-order valence-electron chi connectivity index (χ2n) is 2.17. The van der Waals surface area contributed by atoms with E-state index in [9.17, 15) is 5.11 Å². The fourth-order valence-electron chi connectivity index (χ4n) is 0.796. The first-order chi connectivity index (χ1) is 4.84. The highest BCUT2D eigenvalue weighted by Crippen LogP contribution is 2.19. The third-order valence-electron chi connectivity index (χ3n) is 1.30. The Morgan fingerprint density at radius 2 is 2.60 bits per heavy atom. The molecule has 0 radical (unpaired) electrons. The summed E-state index contributed by atoms with van der Waals surface area (Å²) in [7, 11) is 0. The zero-order valence-corrected chi connectivity index (χ0v) is 6.77. The minimum atomic E-state index is -0.343. The van der Waals surface area contributed by atoms with Crippen LogP contribution in [0.25, 0.3) is 0 Å². The minimum Gasteiger partial charge on any atom is -0.386 e. The normalized spacial score (nSPS) is 13.4. The molecular weight excluding hydrogens is 146 g/mol. The molecule has 1 heterocycles. The van der Waals surface area contributed by atoms with Crippen LogP contribution in [0.1, 0.15) is 30.9 Å². The number of rotatable bonds is 3. The second kappa shape index (κ2) is 3.68. The van der Waals surface area contributed by atoms with Crippen LogP contribution in [0.15, 0.2) is 11.6 Å². The third kappa shape index (κ3) is 1.78. The van der Waals surface area contributed by atoms with Crippen molar-refractivity contribution in [2.45, 2.75) is 25.9 Å². The van der Waals surface area contributed by atoms with Gasteiger partial charge in [0, 0.05) is 11.6 Å². The Morgan fingerprint density at radius 1 is 1.80 bits per heavy atom. The van der Waals surface area contributed by atoms with Gasteiger partial charge in [0.2, 0.25) is 0 Å². The Morgan fingerprint density at radius 3 is 3.10 bits per heavy atom. The predicted molar refractivity (Wildman–Crippen MR) is 42.0 cm³/mol. The summed E-state index contributed by atoms with van der Waals surface area (Å²) in [6.45, 7) is 2.05. The molecule has 0 aliphatic rings. The molecule has 2 nitrogen and oxygen atoms in total. The van der Waals surface area contributed by atoms with Gasteiger partial charge in [0.15, 0.2) is 0 Å². The van der Waals surface area contributed by atoms with Crippen LogP contribution in [0.2, 0.25) is 0 Å². The first-order valence-corrected chi connectivity index (χ1v) is 4.30. The van der Waals surface area contributed by atoms with Crippen LogP contribution in [-0.2, 0) is 0 Å². The number of aliphatic hydroxyl groups is 1. The number of aliphatic hydroxyl groups excluding tert-OH is 1. The number of hydrogen-bond donors (Lipinski definition) is 1. The van der Waals surface area contributed by atoms with Gasteiger partial charge in [-0.2, -0.15) is 0 Å². The van der Waals surface area contributed by atoms with Gasteiger partial charge in [0.05, 0.1) is 0 Å². The van der Waals surface area contributed by atoms with Crippen LogP contribution >= 0.6 is 11.3 Å². The second-order valence-corrected chi connectivity index (χ2v) is 3.10. The number of hydrogen-bond acceptors (Lipinski definition) is 3. The van der Waals surface area contributed by atoms with Gasteiger partial charge in [-0.3, -0.25) is 0 Å². The summed E-state index contributed by atoms with van der Waals surface area (Å²) in [5.74, 6) is 0. The topological polar surface area (TPSA) is 33.1 Å². The standard InChI is InChI=1S/C7H11NOS/c1-2-3-6(9)7-8-4-5-10-7/h4-6,9H,2-3H2,1H3. The summed E-state index contributed by atoms with van der Waals surface area (Å²) in [5.41, 5.74) is 0. The zero-order valence-electron chi connectivity index (χ0n) is 5.95. The molecule has 1 N–H and O–H groups in total. The van der Waals surface area contributed by atoms with Crippen molar-refractivity contribution in [1.82, 2.24) is 4.98 Å². The summed E-state index contributed by atoms with van der Waals surface area (Å²) >= 11 is 1.51. The lowest BCUT2D eigenvalue weighted by molar-refractivity contribution is 0.166. The van der Waals surface area contributed by atoms with Gasteiger partial charge < -0.3 is 5.11 Å². The Balaban J connectivity index is 2.50. The quantitative estimate of drug-likeness (QED) is 0.727. The van der Waals surface area contributed by atoms with Crippen molar-refractivity contribution < 1.29 is 5.11 Å². The van der Waals surface area contributed by atoms with E-state index in [1.54, 1.807) is 6.20 Å². The Labute approximate surface area is 64.5 Å². The fraction of sp³-hybridized carbons (Fsp3) is 0.571. The van der Waals surface area contributed by atoms with Gasteiger partial charge in [0.25, 0.3) is 0 Å². The van der Waals surface area contributed by atoms with E-state index < -0.39 is 0 Å². The van der Waals surface area contributed by atoms with Gasteiger partial charge in [-0.25, -0.2) is 4.98 Å². The summed E-state index contributed by atoms with van der Waals surface area (Å²) < 4.78 is 0. The maximum absolute atomic E-state index is 9.36. The van der Waals surface area contributed by atoms with E-state index in [2.05, 4.69) is 11.9 Å². The maximum Gasteiger partial charge on any atom is 0.121 e. The summed E-state index contributed by atoms with van der Waals surface area (Å²) in [5, 5.41) is 12.1. The minimum absolute atomic E-state index is 0.343. The van der Waals surface area contributed by atoms with Crippen LogP contribution in [0.5, 0.6) is 0 Å². The van der Waals surface area contributed by atoms with Crippen molar-refractivity contribution in [3.05, 3.63) is 16.6 Å². The first kappa shape index (κ1) is 7.69.